The average Bonchev–Trinajstić information content (AvgIpc) is 2.20. The van der Waals surface area contributed by atoms with Crippen molar-refractivity contribution in [2.24, 2.45) is 0 Å². The molecule has 0 aliphatic heterocycles. The molecule has 0 amide bonds. The second kappa shape index (κ2) is 4.68. The van der Waals surface area contributed by atoms with Crippen LogP contribution in [0.1, 0.15) is 20.8 Å². The molecule has 0 heterocycles. The minimum absolute atomic E-state index is 0.0791. The van der Waals surface area contributed by atoms with Crippen LogP contribution in [-0.2, 0) is 0 Å². The summed E-state index contributed by atoms with van der Waals surface area (Å²) in [4.78, 5) is 0. The molecule has 0 aromatic rings. The van der Waals surface area contributed by atoms with Crippen molar-refractivity contribution in [1.29, 1.82) is 0 Å². The third-order valence-corrected chi connectivity index (χ3v) is 9.10. The summed E-state index contributed by atoms with van der Waals surface area (Å²) in [5.74, 6) is -4.08. The molecule has 0 aliphatic carbocycles. The van der Waals surface area contributed by atoms with Crippen molar-refractivity contribution in [1.82, 2.24) is 0 Å². The minimum Gasteiger partial charge on any atom is -0.205 e. The lowest BCUT2D eigenvalue weighted by Gasteiger charge is -2.39. The SMILES string of the molecule is C=CC(F)(F)C(F)(F)[Si](CC)(CC)CC. The molecule has 0 aromatic carbocycles. The van der Waals surface area contributed by atoms with E-state index in [9.17, 15) is 17.6 Å². The van der Waals surface area contributed by atoms with Crippen LogP contribution < -0.4 is 0 Å². The van der Waals surface area contributed by atoms with Gasteiger partial charge in [0.05, 0.1) is 0 Å². The molecule has 0 atom stereocenters. The first-order valence-electron chi connectivity index (χ1n) is 5.13. The predicted molar refractivity (Wildman–Crippen MR) is 57.3 cm³/mol. The fourth-order valence-electron chi connectivity index (χ4n) is 1.90. The van der Waals surface area contributed by atoms with Gasteiger partial charge in [0, 0.05) is 0 Å². The van der Waals surface area contributed by atoms with Crippen LogP contribution in [0.15, 0.2) is 12.7 Å². The molecule has 5 heteroatoms. The Morgan fingerprint density at radius 1 is 1.00 bits per heavy atom. The Kier molecular flexibility index (Phi) is 4.58. The van der Waals surface area contributed by atoms with Gasteiger partial charge in [-0.25, -0.2) is 8.78 Å². The lowest BCUT2D eigenvalue weighted by molar-refractivity contribution is -0.131. The summed E-state index contributed by atoms with van der Waals surface area (Å²) >= 11 is 0. The van der Waals surface area contributed by atoms with Gasteiger partial charge in [-0.1, -0.05) is 45.5 Å². The number of hydrogen-bond donors (Lipinski definition) is 0. The minimum atomic E-state index is -4.08. The first-order valence-corrected chi connectivity index (χ1v) is 7.76. The summed E-state index contributed by atoms with van der Waals surface area (Å²) in [7, 11) is -3.26. The van der Waals surface area contributed by atoms with Crippen molar-refractivity contribution in [3.05, 3.63) is 12.7 Å². The Labute approximate surface area is 89.4 Å². The van der Waals surface area contributed by atoms with E-state index < -0.39 is 19.5 Å². The second-order valence-electron chi connectivity index (χ2n) is 3.74. The van der Waals surface area contributed by atoms with Gasteiger partial charge in [-0.15, -0.1) is 0 Å². The van der Waals surface area contributed by atoms with Crippen molar-refractivity contribution < 1.29 is 17.6 Å². The van der Waals surface area contributed by atoms with E-state index in [0.717, 1.165) is 0 Å². The maximum atomic E-state index is 13.8. The van der Waals surface area contributed by atoms with Crippen molar-refractivity contribution in [3.63, 3.8) is 0 Å². The van der Waals surface area contributed by atoms with E-state index in [0.29, 0.717) is 0 Å². The topological polar surface area (TPSA) is 0 Å². The Balaban J connectivity index is 5.38. The summed E-state index contributed by atoms with van der Waals surface area (Å²) in [6.07, 6.45) is 0.0791. The molecule has 0 aromatic heterocycles. The fraction of sp³-hybridized carbons (Fsp3) is 0.800. The normalized spacial score (nSPS) is 14.1. The quantitative estimate of drug-likeness (QED) is 0.366. The zero-order valence-electron chi connectivity index (χ0n) is 9.42. The van der Waals surface area contributed by atoms with Crippen LogP contribution in [0.25, 0.3) is 0 Å². The van der Waals surface area contributed by atoms with Crippen LogP contribution in [-0.4, -0.2) is 19.5 Å². The van der Waals surface area contributed by atoms with Crippen molar-refractivity contribution in [3.8, 4) is 0 Å². The first-order chi connectivity index (χ1) is 6.74. The predicted octanol–water partition coefficient (Wildman–Crippen LogP) is 4.49. The van der Waals surface area contributed by atoms with Gasteiger partial charge in [-0.2, -0.15) is 8.78 Å². The Morgan fingerprint density at radius 3 is 1.53 bits per heavy atom. The van der Waals surface area contributed by atoms with Crippen molar-refractivity contribution in [2.45, 2.75) is 50.4 Å². The number of allylic oxidation sites excluding steroid dienone is 1. The molecule has 0 aliphatic rings. The molecule has 0 saturated heterocycles. The summed E-state index contributed by atoms with van der Waals surface area (Å²) < 4.78 is 53.8. The van der Waals surface area contributed by atoms with E-state index in [1.54, 1.807) is 20.8 Å². The van der Waals surface area contributed by atoms with Crippen LogP contribution in [0.2, 0.25) is 18.1 Å². The molecular formula is C10H18F4Si. The standard InChI is InChI=1S/C10H18F4Si/c1-5-9(11,12)10(13,14)15(6-2,7-3)8-4/h5H,1,6-8H2,2-4H3. The largest absolute Gasteiger partial charge is 0.324 e. The summed E-state index contributed by atoms with van der Waals surface area (Å²) in [5, 5.41) is 0. The molecule has 15 heavy (non-hydrogen) atoms. The van der Waals surface area contributed by atoms with Crippen molar-refractivity contribution >= 4 is 8.07 Å². The van der Waals surface area contributed by atoms with Crippen molar-refractivity contribution in [2.75, 3.05) is 0 Å². The fourth-order valence-corrected chi connectivity index (χ4v) is 5.54. The molecular weight excluding hydrogens is 224 g/mol. The van der Waals surface area contributed by atoms with Gasteiger partial charge >= 0.3 is 5.92 Å². The number of hydrogen-bond acceptors (Lipinski definition) is 0. The molecule has 0 radical (unpaired) electrons. The summed E-state index contributed by atoms with van der Waals surface area (Å²) in [6.45, 7) is 7.53. The van der Waals surface area contributed by atoms with Crippen LogP contribution >= 0.6 is 0 Å². The highest BCUT2D eigenvalue weighted by Gasteiger charge is 2.65. The van der Waals surface area contributed by atoms with E-state index in [2.05, 4.69) is 6.58 Å². The molecule has 0 rings (SSSR count). The highest BCUT2D eigenvalue weighted by Crippen LogP contribution is 2.47. The van der Waals surface area contributed by atoms with Crippen LogP contribution in [0.5, 0.6) is 0 Å². The average molecular weight is 242 g/mol. The number of alkyl halides is 4. The van der Waals surface area contributed by atoms with Gasteiger partial charge in [0.2, 0.25) is 0 Å². The molecule has 0 spiro atoms. The third-order valence-electron chi connectivity index (χ3n) is 3.37. The molecule has 90 valence electrons. The summed E-state index contributed by atoms with van der Waals surface area (Å²) in [5.41, 5.74) is -3.90. The van der Waals surface area contributed by atoms with Gasteiger partial charge in [-0.3, -0.25) is 0 Å². The Bertz CT molecular complexity index is 213. The van der Waals surface area contributed by atoms with Crippen LogP contribution in [0.3, 0.4) is 0 Å². The van der Waals surface area contributed by atoms with Crippen LogP contribution in [0.4, 0.5) is 17.6 Å². The zero-order valence-corrected chi connectivity index (χ0v) is 10.4. The second-order valence-corrected chi connectivity index (χ2v) is 9.05. The van der Waals surface area contributed by atoms with Gasteiger partial charge in [-0.05, 0) is 6.08 Å². The third kappa shape index (κ3) is 2.12. The zero-order chi connectivity index (χ0) is 12.3. The molecule has 0 nitrogen and oxygen atoms in total. The van der Waals surface area contributed by atoms with E-state index in [1.165, 1.54) is 0 Å². The smallest absolute Gasteiger partial charge is 0.205 e. The maximum Gasteiger partial charge on any atom is 0.324 e. The van der Waals surface area contributed by atoms with E-state index in [4.69, 9.17) is 0 Å². The molecule has 0 unspecified atom stereocenters. The van der Waals surface area contributed by atoms with E-state index in [1.807, 2.05) is 0 Å². The van der Waals surface area contributed by atoms with Gasteiger partial charge < -0.3 is 0 Å². The first kappa shape index (κ1) is 14.7. The van der Waals surface area contributed by atoms with Gasteiger partial charge in [0.1, 0.15) is 8.07 Å². The molecule has 0 N–H and O–H groups in total. The van der Waals surface area contributed by atoms with Gasteiger partial charge in [0.15, 0.2) is 0 Å². The number of halogens is 4. The van der Waals surface area contributed by atoms with Crippen LogP contribution in [0, 0.1) is 0 Å². The Hall–Kier alpha value is -0.323. The molecule has 0 saturated carbocycles. The molecule has 0 bridgehead atoms. The summed E-state index contributed by atoms with van der Waals surface area (Å²) in [6, 6.07) is 0.489. The highest BCUT2D eigenvalue weighted by molar-refractivity contribution is 6.82. The highest BCUT2D eigenvalue weighted by atomic mass is 28.3. The monoisotopic (exact) mass is 242 g/mol. The lowest BCUT2D eigenvalue weighted by atomic mass is 10.3. The number of rotatable bonds is 6. The lowest BCUT2D eigenvalue weighted by Crippen LogP contribution is -2.60. The van der Waals surface area contributed by atoms with Gasteiger partial charge in [0.25, 0.3) is 5.55 Å². The molecule has 0 fully saturated rings. The maximum absolute atomic E-state index is 13.8. The Morgan fingerprint density at radius 2 is 1.33 bits per heavy atom. The van der Waals surface area contributed by atoms with E-state index in [-0.39, 0.29) is 24.2 Å². The van der Waals surface area contributed by atoms with E-state index >= 15 is 0 Å².